The number of aromatic nitrogens is 2. The summed E-state index contributed by atoms with van der Waals surface area (Å²) in [5.41, 5.74) is 3.88. The minimum absolute atomic E-state index is 0.533. The maximum Gasteiger partial charge on any atom is 0.229 e. The van der Waals surface area contributed by atoms with Crippen LogP contribution in [-0.4, -0.2) is 17.1 Å². The lowest BCUT2D eigenvalue weighted by molar-refractivity contribution is 0.415. The molecule has 0 atom stereocenters. The molecule has 0 spiro atoms. The molecule has 1 heterocycles. The SMILES string of the molecule is COc1cccc(Nc2nc(C)cc(Nc3ccc(Br)cc3C)n2)c1. The summed E-state index contributed by atoms with van der Waals surface area (Å²) in [7, 11) is 1.64. The number of anilines is 4. The fraction of sp³-hybridized carbons (Fsp3) is 0.158. The molecular weight excluding hydrogens is 380 g/mol. The highest BCUT2D eigenvalue weighted by Gasteiger charge is 2.06. The predicted molar refractivity (Wildman–Crippen MR) is 105 cm³/mol. The molecule has 5 nitrogen and oxygen atoms in total. The maximum absolute atomic E-state index is 5.24. The van der Waals surface area contributed by atoms with Crippen molar-refractivity contribution in [1.82, 2.24) is 9.97 Å². The molecule has 1 aromatic heterocycles. The fourth-order valence-corrected chi connectivity index (χ4v) is 2.90. The molecule has 0 aliphatic carbocycles. The molecule has 3 aromatic rings. The van der Waals surface area contributed by atoms with Crippen LogP contribution in [0, 0.1) is 13.8 Å². The third kappa shape index (κ3) is 4.48. The molecule has 3 rings (SSSR count). The lowest BCUT2D eigenvalue weighted by Crippen LogP contribution is -2.03. The van der Waals surface area contributed by atoms with Gasteiger partial charge in [-0.2, -0.15) is 4.98 Å². The summed E-state index contributed by atoms with van der Waals surface area (Å²) in [6.07, 6.45) is 0. The van der Waals surface area contributed by atoms with Crippen LogP contribution in [0.5, 0.6) is 5.75 Å². The van der Waals surface area contributed by atoms with Crippen molar-refractivity contribution < 1.29 is 4.74 Å². The molecule has 0 unspecified atom stereocenters. The number of halogens is 1. The van der Waals surface area contributed by atoms with Gasteiger partial charge in [0.25, 0.3) is 0 Å². The smallest absolute Gasteiger partial charge is 0.229 e. The summed E-state index contributed by atoms with van der Waals surface area (Å²) >= 11 is 3.48. The van der Waals surface area contributed by atoms with Gasteiger partial charge in [0.1, 0.15) is 11.6 Å². The van der Waals surface area contributed by atoms with Crippen LogP contribution < -0.4 is 15.4 Å². The zero-order valence-corrected chi connectivity index (χ0v) is 15.9. The fourth-order valence-electron chi connectivity index (χ4n) is 2.42. The molecule has 0 saturated carbocycles. The molecule has 0 aliphatic heterocycles. The van der Waals surface area contributed by atoms with E-state index in [-0.39, 0.29) is 0 Å². The summed E-state index contributed by atoms with van der Waals surface area (Å²) in [6.45, 7) is 3.99. The third-order valence-electron chi connectivity index (χ3n) is 3.63. The number of nitrogens with zero attached hydrogens (tertiary/aromatic N) is 2. The van der Waals surface area contributed by atoms with Crippen LogP contribution in [0.2, 0.25) is 0 Å². The Balaban J connectivity index is 1.84. The number of benzene rings is 2. The van der Waals surface area contributed by atoms with Crippen molar-refractivity contribution in [3.8, 4) is 5.75 Å². The summed E-state index contributed by atoms with van der Waals surface area (Å²) < 4.78 is 6.30. The molecule has 2 N–H and O–H groups in total. The lowest BCUT2D eigenvalue weighted by Gasteiger charge is -2.12. The Morgan fingerprint density at radius 3 is 2.56 bits per heavy atom. The van der Waals surface area contributed by atoms with E-state index >= 15 is 0 Å². The van der Waals surface area contributed by atoms with Gasteiger partial charge in [-0.25, -0.2) is 4.98 Å². The van der Waals surface area contributed by atoms with Gasteiger partial charge in [-0.15, -0.1) is 0 Å². The van der Waals surface area contributed by atoms with E-state index in [1.165, 1.54) is 0 Å². The van der Waals surface area contributed by atoms with Crippen molar-refractivity contribution >= 4 is 39.1 Å². The van der Waals surface area contributed by atoms with E-state index in [2.05, 4.69) is 49.5 Å². The number of rotatable bonds is 5. The minimum atomic E-state index is 0.533. The molecule has 0 amide bonds. The molecule has 25 heavy (non-hydrogen) atoms. The molecule has 0 radical (unpaired) electrons. The second-order valence-electron chi connectivity index (χ2n) is 5.66. The van der Waals surface area contributed by atoms with Gasteiger partial charge in [-0.1, -0.05) is 22.0 Å². The standard InChI is InChI=1S/C19H19BrN4O/c1-12-9-14(20)7-8-17(12)23-18-10-13(2)21-19(24-18)22-15-5-4-6-16(11-15)25-3/h4-11H,1-3H3,(H2,21,22,23,24). The maximum atomic E-state index is 5.24. The number of ether oxygens (including phenoxy) is 1. The van der Waals surface area contributed by atoms with E-state index in [0.717, 1.165) is 38.7 Å². The van der Waals surface area contributed by atoms with Gasteiger partial charge in [0.2, 0.25) is 5.95 Å². The van der Waals surface area contributed by atoms with Crippen molar-refractivity contribution in [2.75, 3.05) is 17.7 Å². The van der Waals surface area contributed by atoms with Gasteiger partial charge in [-0.3, -0.25) is 0 Å². The zero-order valence-electron chi connectivity index (χ0n) is 14.3. The first kappa shape index (κ1) is 17.2. The van der Waals surface area contributed by atoms with E-state index in [1.807, 2.05) is 49.4 Å². The highest BCUT2D eigenvalue weighted by Crippen LogP contribution is 2.25. The zero-order chi connectivity index (χ0) is 17.8. The van der Waals surface area contributed by atoms with Crippen molar-refractivity contribution in [1.29, 1.82) is 0 Å². The van der Waals surface area contributed by atoms with Crippen LogP contribution in [0.4, 0.5) is 23.1 Å². The Morgan fingerprint density at radius 1 is 0.960 bits per heavy atom. The average Bonchev–Trinajstić information content (AvgIpc) is 2.57. The second kappa shape index (κ2) is 7.53. The molecule has 0 saturated heterocycles. The number of hydrogen-bond acceptors (Lipinski definition) is 5. The Bertz CT molecular complexity index is 898. The van der Waals surface area contributed by atoms with Crippen LogP contribution in [0.1, 0.15) is 11.3 Å². The van der Waals surface area contributed by atoms with Crippen LogP contribution in [0.25, 0.3) is 0 Å². The molecule has 2 aromatic carbocycles. The van der Waals surface area contributed by atoms with E-state index in [4.69, 9.17) is 4.74 Å². The van der Waals surface area contributed by atoms with Gasteiger partial charge >= 0.3 is 0 Å². The molecule has 0 bridgehead atoms. The Morgan fingerprint density at radius 2 is 1.80 bits per heavy atom. The lowest BCUT2D eigenvalue weighted by atomic mass is 10.2. The van der Waals surface area contributed by atoms with Gasteiger partial charge in [0.15, 0.2) is 0 Å². The Hall–Kier alpha value is -2.60. The third-order valence-corrected chi connectivity index (χ3v) is 4.12. The molecular formula is C19H19BrN4O. The van der Waals surface area contributed by atoms with E-state index in [1.54, 1.807) is 7.11 Å². The monoisotopic (exact) mass is 398 g/mol. The summed E-state index contributed by atoms with van der Waals surface area (Å²) in [6, 6.07) is 15.7. The molecule has 6 heteroatoms. The number of nitrogens with one attached hydrogen (secondary N) is 2. The molecule has 0 fully saturated rings. The summed E-state index contributed by atoms with van der Waals surface area (Å²) in [5, 5.41) is 6.57. The predicted octanol–water partition coefficient (Wildman–Crippen LogP) is 5.35. The highest BCUT2D eigenvalue weighted by atomic mass is 79.9. The van der Waals surface area contributed by atoms with Crippen molar-refractivity contribution in [2.45, 2.75) is 13.8 Å². The van der Waals surface area contributed by atoms with Crippen molar-refractivity contribution in [3.63, 3.8) is 0 Å². The highest BCUT2D eigenvalue weighted by molar-refractivity contribution is 9.10. The topological polar surface area (TPSA) is 59.1 Å². The van der Waals surface area contributed by atoms with Crippen molar-refractivity contribution in [2.24, 2.45) is 0 Å². The van der Waals surface area contributed by atoms with Crippen LogP contribution >= 0.6 is 15.9 Å². The van der Waals surface area contributed by atoms with Gasteiger partial charge in [0, 0.05) is 33.7 Å². The van der Waals surface area contributed by atoms with Gasteiger partial charge in [0.05, 0.1) is 7.11 Å². The van der Waals surface area contributed by atoms with Gasteiger partial charge in [-0.05, 0) is 49.7 Å². The summed E-state index contributed by atoms with van der Waals surface area (Å²) in [5.74, 6) is 2.05. The Labute approximate surface area is 155 Å². The Kier molecular flexibility index (Phi) is 5.19. The number of methoxy groups -OCH3 is 1. The van der Waals surface area contributed by atoms with E-state index in [0.29, 0.717) is 5.95 Å². The average molecular weight is 399 g/mol. The van der Waals surface area contributed by atoms with E-state index in [9.17, 15) is 0 Å². The first-order chi connectivity index (χ1) is 12.0. The van der Waals surface area contributed by atoms with Crippen LogP contribution in [0.3, 0.4) is 0 Å². The van der Waals surface area contributed by atoms with E-state index < -0.39 is 0 Å². The second-order valence-corrected chi connectivity index (χ2v) is 6.58. The minimum Gasteiger partial charge on any atom is -0.497 e. The quantitative estimate of drug-likeness (QED) is 0.606. The van der Waals surface area contributed by atoms with Crippen molar-refractivity contribution in [3.05, 3.63) is 64.3 Å². The number of aryl methyl sites for hydroxylation is 2. The molecule has 128 valence electrons. The molecule has 0 aliphatic rings. The van der Waals surface area contributed by atoms with Crippen LogP contribution in [0.15, 0.2) is 53.0 Å². The first-order valence-corrected chi connectivity index (χ1v) is 8.63. The van der Waals surface area contributed by atoms with Crippen LogP contribution in [-0.2, 0) is 0 Å². The number of hydrogen-bond donors (Lipinski definition) is 2. The largest absolute Gasteiger partial charge is 0.497 e. The normalized spacial score (nSPS) is 10.4. The van der Waals surface area contributed by atoms with Gasteiger partial charge < -0.3 is 15.4 Å². The first-order valence-electron chi connectivity index (χ1n) is 7.83. The summed E-state index contributed by atoms with van der Waals surface area (Å²) in [4.78, 5) is 9.01.